The maximum Gasteiger partial charge on any atom is 0.223 e. The minimum Gasteiger partial charge on any atom is -0.346 e. The average Bonchev–Trinajstić information content (AvgIpc) is 2.25. The lowest BCUT2D eigenvalue weighted by molar-refractivity contribution is -0.130. The van der Waals surface area contributed by atoms with Crippen LogP contribution in [0.3, 0.4) is 0 Å². The fraction of sp³-hybridized carbons (Fsp3) is 0.923. The van der Waals surface area contributed by atoms with Crippen molar-refractivity contribution >= 4 is 5.91 Å². The van der Waals surface area contributed by atoms with Crippen LogP contribution in [0, 0.1) is 5.92 Å². The average molecular weight is 241 g/mol. The van der Waals surface area contributed by atoms with E-state index in [4.69, 9.17) is 5.73 Å². The SMILES string of the molecule is CC(N)CC(=O)N(C)CCC1CCCN(C)C1. The molecule has 1 amide bonds. The smallest absolute Gasteiger partial charge is 0.223 e. The van der Waals surface area contributed by atoms with Crippen LogP contribution in [0.25, 0.3) is 0 Å². The highest BCUT2D eigenvalue weighted by atomic mass is 16.2. The van der Waals surface area contributed by atoms with E-state index >= 15 is 0 Å². The van der Waals surface area contributed by atoms with Crippen LogP contribution in [0.15, 0.2) is 0 Å². The Morgan fingerprint density at radius 2 is 2.29 bits per heavy atom. The summed E-state index contributed by atoms with van der Waals surface area (Å²) in [5.41, 5.74) is 5.63. The maximum atomic E-state index is 11.7. The monoisotopic (exact) mass is 241 g/mol. The number of hydrogen-bond acceptors (Lipinski definition) is 3. The number of carbonyl (C=O) groups excluding carboxylic acids is 1. The Morgan fingerprint density at radius 3 is 2.88 bits per heavy atom. The van der Waals surface area contributed by atoms with Gasteiger partial charge in [0.15, 0.2) is 0 Å². The summed E-state index contributed by atoms with van der Waals surface area (Å²) >= 11 is 0. The third-order valence-corrected chi connectivity index (χ3v) is 3.52. The Morgan fingerprint density at radius 1 is 1.59 bits per heavy atom. The molecule has 1 aliphatic heterocycles. The minimum absolute atomic E-state index is 0.0363. The van der Waals surface area contributed by atoms with E-state index in [-0.39, 0.29) is 11.9 Å². The van der Waals surface area contributed by atoms with E-state index < -0.39 is 0 Å². The molecule has 0 aliphatic carbocycles. The Kier molecular flexibility index (Phi) is 5.92. The first-order valence-electron chi connectivity index (χ1n) is 6.67. The van der Waals surface area contributed by atoms with Crippen LogP contribution < -0.4 is 5.73 Å². The van der Waals surface area contributed by atoms with Gasteiger partial charge in [0.2, 0.25) is 5.91 Å². The largest absolute Gasteiger partial charge is 0.346 e. The zero-order valence-electron chi connectivity index (χ0n) is 11.5. The zero-order chi connectivity index (χ0) is 12.8. The Balaban J connectivity index is 2.22. The highest BCUT2D eigenvalue weighted by molar-refractivity contribution is 5.76. The summed E-state index contributed by atoms with van der Waals surface area (Å²) in [6.07, 6.45) is 4.17. The van der Waals surface area contributed by atoms with E-state index in [2.05, 4.69) is 11.9 Å². The van der Waals surface area contributed by atoms with Gasteiger partial charge in [0.1, 0.15) is 0 Å². The van der Waals surface area contributed by atoms with Crippen LogP contribution >= 0.6 is 0 Å². The molecule has 2 N–H and O–H groups in total. The summed E-state index contributed by atoms with van der Waals surface area (Å²) in [4.78, 5) is 15.9. The van der Waals surface area contributed by atoms with Gasteiger partial charge < -0.3 is 15.5 Å². The fourth-order valence-corrected chi connectivity index (χ4v) is 2.44. The zero-order valence-corrected chi connectivity index (χ0v) is 11.5. The van der Waals surface area contributed by atoms with Gasteiger partial charge in [0.05, 0.1) is 0 Å². The van der Waals surface area contributed by atoms with Crippen LogP contribution in [0.2, 0.25) is 0 Å². The van der Waals surface area contributed by atoms with Crippen LogP contribution in [0.1, 0.15) is 32.6 Å². The van der Waals surface area contributed by atoms with Crippen molar-refractivity contribution < 1.29 is 4.79 Å². The van der Waals surface area contributed by atoms with Gasteiger partial charge >= 0.3 is 0 Å². The summed E-state index contributed by atoms with van der Waals surface area (Å²) < 4.78 is 0. The topological polar surface area (TPSA) is 49.6 Å². The molecule has 0 aromatic rings. The molecular formula is C13H27N3O. The first-order chi connectivity index (χ1) is 7.99. The molecule has 4 heteroatoms. The van der Waals surface area contributed by atoms with Crippen molar-refractivity contribution in [3.63, 3.8) is 0 Å². The summed E-state index contributed by atoms with van der Waals surface area (Å²) in [6, 6.07) is -0.0363. The molecule has 17 heavy (non-hydrogen) atoms. The lowest BCUT2D eigenvalue weighted by Crippen LogP contribution is -2.36. The normalized spacial score (nSPS) is 23.4. The van der Waals surface area contributed by atoms with Crippen LogP contribution in [0.5, 0.6) is 0 Å². The van der Waals surface area contributed by atoms with E-state index in [1.165, 1.54) is 25.9 Å². The van der Waals surface area contributed by atoms with E-state index in [0.717, 1.165) is 18.9 Å². The minimum atomic E-state index is -0.0363. The molecule has 2 atom stereocenters. The lowest BCUT2D eigenvalue weighted by atomic mass is 9.95. The quantitative estimate of drug-likeness (QED) is 0.778. The number of likely N-dealkylation sites (tertiary alicyclic amines) is 1. The summed E-state index contributed by atoms with van der Waals surface area (Å²) in [6.45, 7) is 5.14. The standard InChI is InChI=1S/C13H27N3O/c1-11(14)9-13(17)16(3)8-6-12-5-4-7-15(2)10-12/h11-12H,4-10,14H2,1-3H3. The second kappa shape index (κ2) is 6.97. The Labute approximate surface area is 105 Å². The summed E-state index contributed by atoms with van der Waals surface area (Å²) in [5, 5.41) is 0. The van der Waals surface area contributed by atoms with Gasteiger partial charge in [-0.2, -0.15) is 0 Å². The molecule has 0 aromatic heterocycles. The van der Waals surface area contributed by atoms with Gasteiger partial charge in [0.25, 0.3) is 0 Å². The van der Waals surface area contributed by atoms with E-state index in [1.54, 1.807) is 0 Å². The Bertz CT molecular complexity index is 243. The molecule has 100 valence electrons. The predicted molar refractivity (Wildman–Crippen MR) is 70.7 cm³/mol. The molecule has 4 nitrogen and oxygen atoms in total. The molecule has 2 unspecified atom stereocenters. The number of carbonyl (C=O) groups is 1. The summed E-state index contributed by atoms with van der Waals surface area (Å²) in [5.74, 6) is 0.920. The van der Waals surface area contributed by atoms with Gasteiger partial charge in [-0.3, -0.25) is 4.79 Å². The number of hydrogen-bond donors (Lipinski definition) is 1. The molecule has 1 fully saturated rings. The molecule has 0 bridgehead atoms. The lowest BCUT2D eigenvalue weighted by Gasteiger charge is -2.30. The molecule has 1 heterocycles. The van der Waals surface area contributed by atoms with Crippen LogP contribution in [0.4, 0.5) is 0 Å². The third-order valence-electron chi connectivity index (χ3n) is 3.52. The van der Waals surface area contributed by atoms with Gasteiger partial charge in [-0.15, -0.1) is 0 Å². The highest BCUT2D eigenvalue weighted by Crippen LogP contribution is 2.18. The van der Waals surface area contributed by atoms with E-state index in [0.29, 0.717) is 6.42 Å². The number of rotatable bonds is 5. The van der Waals surface area contributed by atoms with E-state index in [1.807, 2.05) is 18.9 Å². The fourth-order valence-electron chi connectivity index (χ4n) is 2.44. The molecule has 0 radical (unpaired) electrons. The van der Waals surface area contributed by atoms with E-state index in [9.17, 15) is 4.79 Å². The van der Waals surface area contributed by atoms with Crippen molar-refractivity contribution in [1.29, 1.82) is 0 Å². The van der Waals surface area contributed by atoms with Crippen molar-refractivity contribution in [3.05, 3.63) is 0 Å². The van der Waals surface area contributed by atoms with Crippen molar-refractivity contribution in [2.45, 2.75) is 38.6 Å². The number of piperidine rings is 1. The molecule has 1 rings (SSSR count). The van der Waals surface area contributed by atoms with Crippen LogP contribution in [-0.4, -0.2) is 55.5 Å². The number of amides is 1. The van der Waals surface area contributed by atoms with Gasteiger partial charge in [-0.25, -0.2) is 0 Å². The molecule has 1 saturated heterocycles. The van der Waals surface area contributed by atoms with Gasteiger partial charge in [-0.1, -0.05) is 0 Å². The molecule has 0 aromatic carbocycles. The van der Waals surface area contributed by atoms with Crippen molar-refractivity contribution in [2.24, 2.45) is 11.7 Å². The first-order valence-corrected chi connectivity index (χ1v) is 6.67. The van der Waals surface area contributed by atoms with Crippen molar-refractivity contribution in [1.82, 2.24) is 9.80 Å². The molecule has 0 saturated carbocycles. The summed E-state index contributed by atoms with van der Waals surface area (Å²) in [7, 11) is 4.06. The predicted octanol–water partition coefficient (Wildman–Crippen LogP) is 0.914. The molecular weight excluding hydrogens is 214 g/mol. The van der Waals surface area contributed by atoms with Gasteiger partial charge in [-0.05, 0) is 45.7 Å². The second-order valence-electron chi connectivity index (χ2n) is 5.56. The Hall–Kier alpha value is -0.610. The second-order valence-corrected chi connectivity index (χ2v) is 5.56. The highest BCUT2D eigenvalue weighted by Gasteiger charge is 2.18. The number of nitrogens with two attached hydrogens (primary N) is 1. The number of nitrogens with zero attached hydrogens (tertiary/aromatic N) is 2. The first kappa shape index (κ1) is 14.5. The van der Waals surface area contributed by atoms with Crippen molar-refractivity contribution in [3.8, 4) is 0 Å². The van der Waals surface area contributed by atoms with Crippen LogP contribution in [-0.2, 0) is 4.79 Å². The molecule has 1 aliphatic rings. The molecule has 0 spiro atoms. The third kappa shape index (κ3) is 5.50. The van der Waals surface area contributed by atoms with Crippen molar-refractivity contribution in [2.75, 3.05) is 33.7 Å². The van der Waals surface area contributed by atoms with Gasteiger partial charge in [0, 0.05) is 32.6 Å². The maximum absolute atomic E-state index is 11.7.